The van der Waals surface area contributed by atoms with Gasteiger partial charge in [-0.15, -0.1) is 24.0 Å². The lowest BCUT2D eigenvalue weighted by Gasteiger charge is -2.35. The molecule has 0 aromatic heterocycles. The molecule has 1 aromatic carbocycles. The summed E-state index contributed by atoms with van der Waals surface area (Å²) in [6, 6.07) is 5.27. The van der Waals surface area contributed by atoms with Crippen molar-refractivity contribution in [1.29, 1.82) is 0 Å². The van der Waals surface area contributed by atoms with Crippen LogP contribution in [0.5, 0.6) is 0 Å². The predicted molar refractivity (Wildman–Crippen MR) is 122 cm³/mol. The Bertz CT molecular complexity index is 663. The van der Waals surface area contributed by atoms with E-state index in [0.29, 0.717) is 32.3 Å². The van der Waals surface area contributed by atoms with E-state index in [0.717, 1.165) is 30.8 Å². The monoisotopic (exact) mass is 544 g/mol. The van der Waals surface area contributed by atoms with Gasteiger partial charge in [0.05, 0.1) is 30.4 Å². The largest absolute Gasteiger partial charge is 0.416 e. The molecule has 0 bridgehead atoms. The Balaban J connectivity index is 0.00000450. The highest BCUT2D eigenvalue weighted by atomic mass is 127. The Hall–Kier alpha value is -1.11. The van der Waals surface area contributed by atoms with Crippen LogP contribution in [0.15, 0.2) is 29.3 Å². The summed E-state index contributed by atoms with van der Waals surface area (Å²) in [6.07, 6.45) is -4.34. The first kappa shape index (κ1) is 26.9. The molecular formula is C20H32F3IN4O2. The first-order chi connectivity index (χ1) is 13.7. The smallest absolute Gasteiger partial charge is 0.379 e. The fraction of sp³-hybridized carbons (Fsp3) is 0.650. The molecule has 6 nitrogen and oxygen atoms in total. The Morgan fingerprint density at radius 3 is 2.27 bits per heavy atom. The van der Waals surface area contributed by atoms with Crippen LogP contribution in [0.4, 0.5) is 13.2 Å². The van der Waals surface area contributed by atoms with Crippen LogP contribution in [-0.4, -0.2) is 70.0 Å². The van der Waals surface area contributed by atoms with Crippen molar-refractivity contribution in [3.05, 3.63) is 35.4 Å². The molecule has 2 rings (SSSR count). The van der Waals surface area contributed by atoms with Crippen LogP contribution in [0, 0.1) is 0 Å². The fourth-order valence-electron chi connectivity index (χ4n) is 3.02. The number of methoxy groups -OCH3 is 1. The normalized spacial score (nSPS) is 17.2. The van der Waals surface area contributed by atoms with E-state index in [1.54, 1.807) is 26.3 Å². The van der Waals surface area contributed by atoms with Crippen LogP contribution in [0.3, 0.4) is 0 Å². The van der Waals surface area contributed by atoms with Crippen molar-refractivity contribution in [3.63, 3.8) is 0 Å². The van der Waals surface area contributed by atoms with Gasteiger partial charge in [-0.3, -0.25) is 9.89 Å². The van der Waals surface area contributed by atoms with E-state index in [-0.39, 0.29) is 35.6 Å². The first-order valence-corrected chi connectivity index (χ1v) is 9.65. The fourth-order valence-corrected chi connectivity index (χ4v) is 3.02. The zero-order valence-electron chi connectivity index (χ0n) is 17.9. The molecule has 1 unspecified atom stereocenters. The average molecular weight is 544 g/mol. The van der Waals surface area contributed by atoms with E-state index in [1.807, 2.05) is 13.8 Å². The minimum Gasteiger partial charge on any atom is -0.379 e. The zero-order valence-corrected chi connectivity index (χ0v) is 20.2. The summed E-state index contributed by atoms with van der Waals surface area (Å²) >= 11 is 0. The number of benzene rings is 1. The molecule has 172 valence electrons. The number of morpholine rings is 1. The summed E-state index contributed by atoms with van der Waals surface area (Å²) in [5, 5.41) is 6.51. The van der Waals surface area contributed by atoms with E-state index >= 15 is 0 Å². The van der Waals surface area contributed by atoms with Crippen LogP contribution in [0.2, 0.25) is 0 Å². The number of nitrogens with one attached hydrogen (secondary N) is 2. The lowest BCUT2D eigenvalue weighted by Crippen LogP contribution is -2.49. The van der Waals surface area contributed by atoms with Crippen molar-refractivity contribution < 1.29 is 22.6 Å². The molecule has 1 aromatic rings. The van der Waals surface area contributed by atoms with Gasteiger partial charge in [-0.25, -0.2) is 0 Å². The van der Waals surface area contributed by atoms with Crippen molar-refractivity contribution in [2.45, 2.75) is 31.7 Å². The maximum Gasteiger partial charge on any atom is 0.416 e. The summed E-state index contributed by atoms with van der Waals surface area (Å²) in [7, 11) is 3.33. The molecule has 10 heteroatoms. The number of rotatable bonds is 7. The van der Waals surface area contributed by atoms with Gasteiger partial charge >= 0.3 is 6.18 Å². The molecule has 30 heavy (non-hydrogen) atoms. The van der Waals surface area contributed by atoms with E-state index < -0.39 is 11.7 Å². The van der Waals surface area contributed by atoms with Gasteiger partial charge in [0.2, 0.25) is 0 Å². The van der Waals surface area contributed by atoms with Gasteiger partial charge < -0.3 is 20.1 Å². The summed E-state index contributed by atoms with van der Waals surface area (Å²) < 4.78 is 49.6. The molecule has 1 aliphatic heterocycles. The van der Waals surface area contributed by atoms with Gasteiger partial charge in [0.15, 0.2) is 5.96 Å². The average Bonchev–Trinajstić information content (AvgIpc) is 2.71. The lowest BCUT2D eigenvalue weighted by atomic mass is 10.0. The number of hydrogen-bond donors (Lipinski definition) is 2. The van der Waals surface area contributed by atoms with Gasteiger partial charge in [-0.05, 0) is 31.5 Å². The second-order valence-electron chi connectivity index (χ2n) is 7.55. The molecule has 2 N–H and O–H groups in total. The minimum absolute atomic E-state index is 0. The van der Waals surface area contributed by atoms with Gasteiger partial charge in [0.25, 0.3) is 0 Å². The molecule has 0 amide bonds. The van der Waals surface area contributed by atoms with Crippen molar-refractivity contribution in [2.24, 2.45) is 4.99 Å². The second kappa shape index (κ2) is 12.1. The number of alkyl halides is 3. The maximum absolute atomic E-state index is 12.9. The van der Waals surface area contributed by atoms with Gasteiger partial charge in [0, 0.05) is 40.3 Å². The molecule has 0 radical (unpaired) electrons. The van der Waals surface area contributed by atoms with E-state index in [9.17, 15) is 13.2 Å². The second-order valence-corrected chi connectivity index (χ2v) is 7.55. The van der Waals surface area contributed by atoms with Crippen molar-refractivity contribution in [3.8, 4) is 0 Å². The topological polar surface area (TPSA) is 58.1 Å². The van der Waals surface area contributed by atoms with Crippen molar-refractivity contribution in [2.75, 3.05) is 53.6 Å². The minimum atomic E-state index is -4.34. The molecule has 1 fully saturated rings. The number of nitrogens with zero attached hydrogens (tertiary/aromatic N) is 2. The Kier molecular flexibility index (Phi) is 10.8. The van der Waals surface area contributed by atoms with Crippen LogP contribution in [0.1, 0.15) is 31.0 Å². The number of guanidine groups is 1. The number of ether oxygens (including phenoxy) is 2. The Morgan fingerprint density at radius 1 is 1.17 bits per heavy atom. The summed E-state index contributed by atoms with van der Waals surface area (Å²) in [4.78, 5) is 6.44. The zero-order chi connectivity index (χ0) is 21.5. The van der Waals surface area contributed by atoms with E-state index in [1.165, 1.54) is 0 Å². The lowest BCUT2D eigenvalue weighted by molar-refractivity contribution is -0.137. The van der Waals surface area contributed by atoms with Crippen LogP contribution in [-0.2, 0) is 15.7 Å². The maximum atomic E-state index is 12.9. The molecular weight excluding hydrogens is 512 g/mol. The Morgan fingerprint density at radius 2 is 1.77 bits per heavy atom. The molecule has 1 heterocycles. The van der Waals surface area contributed by atoms with Gasteiger partial charge in [-0.1, -0.05) is 12.1 Å². The first-order valence-electron chi connectivity index (χ1n) is 9.65. The third-order valence-electron chi connectivity index (χ3n) is 5.03. The van der Waals surface area contributed by atoms with Crippen LogP contribution >= 0.6 is 24.0 Å². The highest BCUT2D eigenvalue weighted by Crippen LogP contribution is 2.31. The van der Waals surface area contributed by atoms with Crippen molar-refractivity contribution >= 4 is 29.9 Å². The van der Waals surface area contributed by atoms with E-state index in [4.69, 9.17) is 9.47 Å². The van der Waals surface area contributed by atoms with Gasteiger partial charge in [0.1, 0.15) is 0 Å². The van der Waals surface area contributed by atoms with Crippen LogP contribution in [0.25, 0.3) is 0 Å². The summed E-state index contributed by atoms with van der Waals surface area (Å²) in [5.74, 6) is 0.611. The highest BCUT2D eigenvalue weighted by molar-refractivity contribution is 14.0. The number of aliphatic imine (C=N–C) groups is 1. The number of halogens is 4. The third kappa shape index (κ3) is 8.20. The summed E-state index contributed by atoms with van der Waals surface area (Å²) in [6.45, 7) is 7.63. The standard InChI is InChI=1S/C20H31F3N4O2.HI/c1-19(2,28-4)14-26-18(24-3)25-13-17(27-9-11-29-12-10-27)15-5-7-16(8-6-15)20(21,22)23;/h5-8,17H,9-14H2,1-4H3,(H2,24,25,26);1H. The quantitative estimate of drug-likeness (QED) is 0.314. The molecule has 1 atom stereocenters. The third-order valence-corrected chi connectivity index (χ3v) is 5.03. The van der Waals surface area contributed by atoms with Crippen LogP contribution < -0.4 is 10.6 Å². The van der Waals surface area contributed by atoms with E-state index in [2.05, 4.69) is 20.5 Å². The summed E-state index contributed by atoms with van der Waals surface area (Å²) in [5.41, 5.74) is -0.177. The van der Waals surface area contributed by atoms with Crippen molar-refractivity contribution in [1.82, 2.24) is 15.5 Å². The molecule has 1 saturated heterocycles. The SMILES string of the molecule is CN=C(NCC(c1ccc(C(F)(F)F)cc1)N1CCOCC1)NCC(C)(C)OC.I. The Labute approximate surface area is 193 Å². The molecule has 0 saturated carbocycles. The predicted octanol–water partition coefficient (Wildman–Crippen LogP) is 3.29. The molecule has 1 aliphatic rings. The number of hydrogen-bond acceptors (Lipinski definition) is 4. The molecule has 0 aliphatic carbocycles. The van der Waals surface area contributed by atoms with Gasteiger partial charge in [-0.2, -0.15) is 13.2 Å². The molecule has 0 spiro atoms. The highest BCUT2D eigenvalue weighted by Gasteiger charge is 2.31.